The molecule has 0 saturated carbocycles. The van der Waals surface area contributed by atoms with Gasteiger partial charge in [0, 0.05) is 43.6 Å². The molecule has 0 spiro atoms. The fraction of sp³-hybridized carbons (Fsp3) is 0.182. The SMILES string of the molecule is O=C1Cc2ccc(cc2)CC(=O)Cc2ccc(cc2-c2cncnc2)C1. The van der Waals surface area contributed by atoms with Crippen molar-refractivity contribution in [2.24, 2.45) is 0 Å². The zero-order chi connectivity index (χ0) is 17.9. The van der Waals surface area contributed by atoms with Gasteiger partial charge in [-0.15, -0.1) is 0 Å². The van der Waals surface area contributed by atoms with Crippen LogP contribution in [0.1, 0.15) is 22.3 Å². The molecular formula is C22H18N2O2. The van der Waals surface area contributed by atoms with Gasteiger partial charge in [0.25, 0.3) is 0 Å². The minimum Gasteiger partial charge on any atom is -0.299 e. The number of carbonyl (C=O) groups excluding carboxylic acids is 2. The number of rotatable bonds is 1. The van der Waals surface area contributed by atoms with Gasteiger partial charge in [-0.25, -0.2) is 9.97 Å². The van der Waals surface area contributed by atoms with E-state index in [1.165, 1.54) is 6.33 Å². The molecule has 4 aliphatic rings. The van der Waals surface area contributed by atoms with Gasteiger partial charge in [-0.3, -0.25) is 9.59 Å². The molecule has 4 bridgehead atoms. The molecule has 128 valence electrons. The van der Waals surface area contributed by atoms with Crippen molar-refractivity contribution in [2.75, 3.05) is 0 Å². The van der Waals surface area contributed by atoms with Gasteiger partial charge >= 0.3 is 0 Å². The summed E-state index contributed by atoms with van der Waals surface area (Å²) in [7, 11) is 0. The molecule has 4 aliphatic carbocycles. The Kier molecular flexibility index (Phi) is 4.40. The monoisotopic (exact) mass is 342 g/mol. The lowest BCUT2D eigenvalue weighted by Gasteiger charge is -2.13. The zero-order valence-corrected chi connectivity index (χ0v) is 14.3. The van der Waals surface area contributed by atoms with E-state index in [1.807, 2.05) is 42.5 Å². The number of hydrogen-bond donors (Lipinski definition) is 0. The van der Waals surface area contributed by atoms with Crippen LogP contribution in [0.15, 0.2) is 61.2 Å². The molecule has 4 heteroatoms. The second-order valence-corrected chi connectivity index (χ2v) is 6.72. The third-order valence-electron chi connectivity index (χ3n) is 4.66. The van der Waals surface area contributed by atoms with Crippen molar-refractivity contribution < 1.29 is 9.59 Å². The second-order valence-electron chi connectivity index (χ2n) is 6.72. The smallest absolute Gasteiger partial charge is 0.141 e. The normalized spacial score (nSPS) is 14.5. The summed E-state index contributed by atoms with van der Waals surface area (Å²) in [6, 6.07) is 13.7. The molecule has 0 fully saturated rings. The quantitative estimate of drug-likeness (QED) is 0.681. The first kappa shape index (κ1) is 16.3. The number of carbonyl (C=O) groups is 2. The van der Waals surface area contributed by atoms with Crippen molar-refractivity contribution in [2.45, 2.75) is 25.7 Å². The Labute approximate surface area is 151 Å². The molecule has 0 N–H and O–H groups in total. The Balaban J connectivity index is 1.78. The van der Waals surface area contributed by atoms with E-state index >= 15 is 0 Å². The summed E-state index contributed by atoms with van der Waals surface area (Å²) in [5.41, 5.74) is 5.63. The molecule has 0 aliphatic heterocycles. The lowest BCUT2D eigenvalue weighted by Crippen LogP contribution is -2.11. The van der Waals surface area contributed by atoms with E-state index in [-0.39, 0.29) is 11.6 Å². The van der Waals surface area contributed by atoms with E-state index in [4.69, 9.17) is 0 Å². The minimum absolute atomic E-state index is 0.164. The molecule has 0 radical (unpaired) electrons. The van der Waals surface area contributed by atoms with Crippen molar-refractivity contribution in [3.63, 3.8) is 0 Å². The fourth-order valence-electron chi connectivity index (χ4n) is 3.39. The van der Waals surface area contributed by atoms with Crippen LogP contribution in [-0.4, -0.2) is 21.5 Å². The van der Waals surface area contributed by atoms with Crippen molar-refractivity contribution in [3.05, 3.63) is 83.4 Å². The van der Waals surface area contributed by atoms with Crippen LogP contribution in [0.5, 0.6) is 0 Å². The first-order valence-corrected chi connectivity index (χ1v) is 8.66. The Morgan fingerprint density at radius 2 is 1.19 bits per heavy atom. The molecule has 26 heavy (non-hydrogen) atoms. The number of benzene rings is 2. The second kappa shape index (κ2) is 7.00. The van der Waals surface area contributed by atoms with Crippen LogP contribution in [0.2, 0.25) is 0 Å². The van der Waals surface area contributed by atoms with Gasteiger partial charge in [-0.05, 0) is 27.8 Å². The van der Waals surface area contributed by atoms with Crippen molar-refractivity contribution in [1.29, 1.82) is 0 Å². The van der Waals surface area contributed by atoms with Crippen LogP contribution in [0, 0.1) is 0 Å². The van der Waals surface area contributed by atoms with Gasteiger partial charge in [-0.2, -0.15) is 0 Å². The van der Waals surface area contributed by atoms with Gasteiger partial charge in [0.2, 0.25) is 0 Å². The fourth-order valence-corrected chi connectivity index (χ4v) is 3.39. The van der Waals surface area contributed by atoms with Gasteiger partial charge in [0.15, 0.2) is 0 Å². The van der Waals surface area contributed by atoms with Crippen LogP contribution in [-0.2, 0) is 35.3 Å². The molecular weight excluding hydrogens is 324 g/mol. The first-order chi connectivity index (χ1) is 12.7. The Morgan fingerprint density at radius 3 is 1.85 bits per heavy atom. The van der Waals surface area contributed by atoms with Crippen molar-refractivity contribution in [1.82, 2.24) is 9.97 Å². The standard InChI is InChI=1S/C22H18N2O2/c25-20-7-15-1-3-16(4-2-15)8-21(26)11-18-6-5-17(9-20)10-22(18)19-12-23-14-24-13-19/h1-6,10,12-14H,7-9,11H2. The van der Waals surface area contributed by atoms with Gasteiger partial charge in [0.05, 0.1) is 0 Å². The predicted octanol–water partition coefficient (Wildman–Crippen LogP) is 3.17. The molecule has 0 unspecified atom stereocenters. The van der Waals surface area contributed by atoms with Crippen LogP contribution in [0.3, 0.4) is 0 Å². The highest BCUT2D eigenvalue weighted by atomic mass is 16.1. The maximum atomic E-state index is 12.6. The molecule has 0 atom stereocenters. The summed E-state index contributed by atoms with van der Waals surface area (Å²) < 4.78 is 0. The summed E-state index contributed by atoms with van der Waals surface area (Å²) in [5.74, 6) is 0.339. The number of ketones is 2. The van der Waals surface area contributed by atoms with Gasteiger partial charge < -0.3 is 0 Å². The maximum absolute atomic E-state index is 12.6. The van der Waals surface area contributed by atoms with E-state index in [9.17, 15) is 9.59 Å². The highest BCUT2D eigenvalue weighted by molar-refractivity contribution is 5.87. The number of hydrogen-bond acceptors (Lipinski definition) is 4. The number of Topliss-reactive ketones (excluding diaryl/α,β-unsaturated/α-hetero) is 2. The van der Waals surface area contributed by atoms with Gasteiger partial charge in [-0.1, -0.05) is 42.5 Å². The van der Waals surface area contributed by atoms with E-state index in [0.717, 1.165) is 33.4 Å². The number of nitrogens with zero attached hydrogens (tertiary/aromatic N) is 2. The lowest BCUT2D eigenvalue weighted by atomic mass is 9.91. The van der Waals surface area contributed by atoms with Gasteiger partial charge in [0.1, 0.15) is 17.9 Å². The predicted molar refractivity (Wildman–Crippen MR) is 98.7 cm³/mol. The summed E-state index contributed by atoms with van der Waals surface area (Å²) in [4.78, 5) is 33.2. The summed E-state index contributed by atoms with van der Waals surface area (Å²) >= 11 is 0. The largest absolute Gasteiger partial charge is 0.299 e. The van der Waals surface area contributed by atoms with Crippen molar-refractivity contribution >= 4 is 11.6 Å². The van der Waals surface area contributed by atoms with Crippen molar-refractivity contribution in [3.8, 4) is 11.1 Å². The molecule has 3 aromatic rings. The van der Waals surface area contributed by atoms with E-state index in [1.54, 1.807) is 12.4 Å². The first-order valence-electron chi connectivity index (χ1n) is 8.66. The Hall–Kier alpha value is -3.14. The Bertz CT molecular complexity index is 963. The molecule has 1 heterocycles. The van der Waals surface area contributed by atoms with Crippen LogP contribution >= 0.6 is 0 Å². The average Bonchev–Trinajstić information content (AvgIpc) is 2.65. The summed E-state index contributed by atoms with van der Waals surface area (Å²) in [6.07, 6.45) is 6.47. The van der Waals surface area contributed by atoms with Crippen LogP contribution in [0.25, 0.3) is 11.1 Å². The molecule has 4 nitrogen and oxygen atoms in total. The third-order valence-corrected chi connectivity index (χ3v) is 4.66. The van der Waals surface area contributed by atoms with E-state index in [2.05, 4.69) is 9.97 Å². The lowest BCUT2D eigenvalue weighted by molar-refractivity contribution is -0.118. The molecule has 0 saturated heterocycles. The van der Waals surface area contributed by atoms with E-state index < -0.39 is 0 Å². The topological polar surface area (TPSA) is 59.9 Å². The molecule has 7 rings (SSSR count). The molecule has 1 aromatic heterocycles. The summed E-state index contributed by atoms with van der Waals surface area (Å²) in [5, 5.41) is 0. The Morgan fingerprint density at radius 1 is 0.654 bits per heavy atom. The summed E-state index contributed by atoms with van der Waals surface area (Å²) in [6.45, 7) is 0. The highest BCUT2D eigenvalue weighted by Gasteiger charge is 2.15. The maximum Gasteiger partial charge on any atom is 0.141 e. The molecule has 0 amide bonds. The minimum atomic E-state index is 0.164. The van der Waals surface area contributed by atoms with E-state index in [0.29, 0.717) is 25.7 Å². The molecule has 2 aromatic carbocycles. The highest BCUT2D eigenvalue weighted by Crippen LogP contribution is 2.26. The van der Waals surface area contributed by atoms with Crippen LogP contribution in [0.4, 0.5) is 0 Å². The van der Waals surface area contributed by atoms with Crippen LogP contribution < -0.4 is 0 Å². The third kappa shape index (κ3) is 3.59. The average molecular weight is 342 g/mol. The number of aromatic nitrogens is 2. The zero-order valence-electron chi connectivity index (χ0n) is 14.3.